The quantitative estimate of drug-likeness (QED) is 0.833. The molecule has 2 aromatic rings. The topological polar surface area (TPSA) is 72.0 Å². The summed E-state index contributed by atoms with van der Waals surface area (Å²) < 4.78 is 0. The van der Waals surface area contributed by atoms with Crippen molar-refractivity contribution in [1.29, 1.82) is 0 Å². The molecule has 3 rings (SSSR count). The van der Waals surface area contributed by atoms with E-state index in [0.717, 1.165) is 30.7 Å². The smallest absolute Gasteiger partial charge is 0.145 e. The Labute approximate surface area is 119 Å². The minimum absolute atomic E-state index is 0.127. The number of aromatic nitrogens is 2. The van der Waals surface area contributed by atoms with Gasteiger partial charge in [0, 0.05) is 6.20 Å². The summed E-state index contributed by atoms with van der Waals surface area (Å²) in [5.74, 6) is 0.541. The van der Waals surface area contributed by atoms with Gasteiger partial charge in [0.2, 0.25) is 0 Å². The third-order valence-electron chi connectivity index (χ3n) is 3.43. The van der Waals surface area contributed by atoms with E-state index in [0.29, 0.717) is 5.82 Å². The van der Waals surface area contributed by atoms with Gasteiger partial charge in [0.1, 0.15) is 5.82 Å². The van der Waals surface area contributed by atoms with E-state index < -0.39 is 0 Å². The Morgan fingerprint density at radius 2 is 1.85 bits per heavy atom. The van der Waals surface area contributed by atoms with Crippen molar-refractivity contribution in [3.63, 3.8) is 0 Å². The van der Waals surface area contributed by atoms with Gasteiger partial charge in [-0.05, 0) is 37.3 Å². The summed E-state index contributed by atoms with van der Waals surface area (Å²) in [7, 11) is 0. The lowest BCUT2D eigenvalue weighted by Crippen LogP contribution is -2.03. The maximum Gasteiger partial charge on any atom is 0.145 e. The Bertz CT molecular complexity index is 559. The van der Waals surface area contributed by atoms with Crippen molar-refractivity contribution >= 4 is 5.82 Å². The zero-order valence-electron chi connectivity index (χ0n) is 12.0. The summed E-state index contributed by atoms with van der Waals surface area (Å²) >= 11 is 0. The van der Waals surface area contributed by atoms with E-state index in [1.807, 2.05) is 26.0 Å². The highest BCUT2D eigenvalue weighted by atomic mass is 16.3. The van der Waals surface area contributed by atoms with Gasteiger partial charge in [0.25, 0.3) is 0 Å². The predicted molar refractivity (Wildman–Crippen MR) is 80.4 cm³/mol. The molecule has 0 fully saturated rings. The molecule has 0 unspecified atom stereocenters. The van der Waals surface area contributed by atoms with Gasteiger partial charge in [-0.2, -0.15) is 0 Å². The van der Waals surface area contributed by atoms with Crippen molar-refractivity contribution in [3.05, 3.63) is 53.0 Å². The number of anilines is 1. The molecule has 1 heterocycles. The lowest BCUT2D eigenvalue weighted by atomic mass is 10.1. The van der Waals surface area contributed by atoms with Crippen molar-refractivity contribution in [3.8, 4) is 0 Å². The average molecular weight is 271 g/mol. The molecule has 4 nitrogen and oxygen atoms in total. The minimum atomic E-state index is -0.127. The predicted octanol–water partition coefficient (Wildman–Crippen LogP) is 2.08. The number of nitrogens with two attached hydrogens (primary N) is 1. The maximum absolute atomic E-state index is 9.25. The normalized spacial score (nSPS) is 13.6. The van der Waals surface area contributed by atoms with Crippen LogP contribution in [0.4, 0.5) is 5.82 Å². The van der Waals surface area contributed by atoms with Crippen LogP contribution in [-0.4, -0.2) is 21.2 Å². The molecule has 1 aliphatic carbocycles. The van der Waals surface area contributed by atoms with Gasteiger partial charge in [-0.1, -0.05) is 31.2 Å². The van der Waals surface area contributed by atoms with Crippen LogP contribution < -0.4 is 5.73 Å². The van der Waals surface area contributed by atoms with Crippen LogP contribution in [0, 0.1) is 6.92 Å². The van der Waals surface area contributed by atoms with E-state index in [1.54, 1.807) is 6.20 Å². The molecule has 1 aromatic heterocycles. The standard InChI is InChI=1S/C9H10O.C7H11N3/c10-9-5-7-3-1-2-4-8(7)6-9;1-3-6-4-9-5(2)7(8)10-6/h1-4,9-10H,5-6H2;4H,3H2,1-2H3,(H2,8,10). The number of aliphatic hydroxyl groups is 1. The first-order chi connectivity index (χ1) is 9.60. The SMILES string of the molecule is CCc1cnc(C)c(N)n1.OC1Cc2ccccc2C1. The number of rotatable bonds is 1. The molecule has 3 N–H and O–H groups in total. The van der Waals surface area contributed by atoms with Crippen LogP contribution in [0.2, 0.25) is 0 Å². The summed E-state index contributed by atoms with van der Waals surface area (Å²) in [5, 5.41) is 9.25. The Hall–Kier alpha value is -1.94. The molecule has 1 aliphatic rings. The monoisotopic (exact) mass is 271 g/mol. The fourth-order valence-corrected chi connectivity index (χ4v) is 2.21. The van der Waals surface area contributed by atoms with Gasteiger partial charge < -0.3 is 10.8 Å². The van der Waals surface area contributed by atoms with Crippen LogP contribution >= 0.6 is 0 Å². The lowest BCUT2D eigenvalue weighted by Gasteiger charge is -1.98. The molecule has 0 aliphatic heterocycles. The minimum Gasteiger partial charge on any atom is -0.392 e. The largest absolute Gasteiger partial charge is 0.392 e. The van der Waals surface area contributed by atoms with E-state index in [9.17, 15) is 5.11 Å². The van der Waals surface area contributed by atoms with E-state index in [-0.39, 0.29) is 6.10 Å². The molecule has 0 spiro atoms. The molecule has 0 saturated heterocycles. The first-order valence-electron chi connectivity index (χ1n) is 6.93. The Morgan fingerprint density at radius 3 is 2.35 bits per heavy atom. The Morgan fingerprint density at radius 1 is 1.25 bits per heavy atom. The Balaban J connectivity index is 0.000000147. The maximum atomic E-state index is 9.25. The number of hydrogen-bond donors (Lipinski definition) is 2. The van der Waals surface area contributed by atoms with E-state index >= 15 is 0 Å². The van der Waals surface area contributed by atoms with E-state index in [1.165, 1.54) is 11.1 Å². The van der Waals surface area contributed by atoms with Crippen LogP contribution in [0.15, 0.2) is 30.5 Å². The van der Waals surface area contributed by atoms with Gasteiger partial charge in [-0.3, -0.25) is 4.98 Å². The number of benzene rings is 1. The zero-order chi connectivity index (χ0) is 14.5. The molecule has 0 bridgehead atoms. The van der Waals surface area contributed by atoms with Crippen molar-refractivity contribution in [2.45, 2.75) is 39.2 Å². The van der Waals surface area contributed by atoms with Crippen LogP contribution in [0.3, 0.4) is 0 Å². The number of hydrogen-bond acceptors (Lipinski definition) is 4. The molecule has 0 radical (unpaired) electrons. The molecule has 20 heavy (non-hydrogen) atoms. The molecule has 0 amide bonds. The average Bonchev–Trinajstić information content (AvgIpc) is 2.82. The second-order valence-corrected chi connectivity index (χ2v) is 5.02. The molecule has 0 saturated carbocycles. The second kappa shape index (κ2) is 6.48. The van der Waals surface area contributed by atoms with Gasteiger partial charge in [0.05, 0.1) is 17.5 Å². The first-order valence-corrected chi connectivity index (χ1v) is 6.93. The van der Waals surface area contributed by atoms with Crippen molar-refractivity contribution in [2.75, 3.05) is 5.73 Å². The van der Waals surface area contributed by atoms with Crippen LogP contribution in [0.5, 0.6) is 0 Å². The summed E-state index contributed by atoms with van der Waals surface area (Å²) in [6.07, 6.45) is 4.20. The van der Waals surface area contributed by atoms with Gasteiger partial charge in [-0.25, -0.2) is 4.98 Å². The highest BCUT2D eigenvalue weighted by Crippen LogP contribution is 2.20. The number of nitrogens with zero attached hydrogens (tertiary/aromatic N) is 2. The summed E-state index contributed by atoms with van der Waals surface area (Å²) in [6.45, 7) is 3.88. The zero-order valence-corrected chi connectivity index (χ0v) is 12.0. The molecule has 106 valence electrons. The molecular formula is C16H21N3O. The highest BCUT2D eigenvalue weighted by molar-refractivity contribution is 5.33. The van der Waals surface area contributed by atoms with Crippen LogP contribution in [0.25, 0.3) is 0 Å². The molecular weight excluding hydrogens is 250 g/mol. The molecule has 4 heteroatoms. The fourth-order valence-electron chi connectivity index (χ4n) is 2.21. The van der Waals surface area contributed by atoms with Gasteiger partial charge in [-0.15, -0.1) is 0 Å². The van der Waals surface area contributed by atoms with Crippen molar-refractivity contribution in [1.82, 2.24) is 9.97 Å². The highest BCUT2D eigenvalue weighted by Gasteiger charge is 2.17. The van der Waals surface area contributed by atoms with E-state index in [2.05, 4.69) is 22.1 Å². The number of aryl methyl sites for hydroxylation is 2. The molecule has 0 atom stereocenters. The van der Waals surface area contributed by atoms with Gasteiger partial charge >= 0.3 is 0 Å². The summed E-state index contributed by atoms with van der Waals surface area (Å²) in [6, 6.07) is 8.23. The lowest BCUT2D eigenvalue weighted by molar-refractivity contribution is 0.187. The molecule has 1 aromatic carbocycles. The summed E-state index contributed by atoms with van der Waals surface area (Å²) in [4.78, 5) is 8.17. The number of fused-ring (bicyclic) bond motifs is 1. The Kier molecular flexibility index (Phi) is 4.69. The van der Waals surface area contributed by atoms with Crippen molar-refractivity contribution < 1.29 is 5.11 Å². The fraction of sp³-hybridized carbons (Fsp3) is 0.375. The van der Waals surface area contributed by atoms with Crippen LogP contribution in [0.1, 0.15) is 29.4 Å². The number of aliphatic hydroxyl groups excluding tert-OH is 1. The number of nitrogen functional groups attached to an aromatic ring is 1. The third kappa shape index (κ3) is 3.54. The van der Waals surface area contributed by atoms with Crippen LogP contribution in [-0.2, 0) is 19.3 Å². The van der Waals surface area contributed by atoms with Crippen molar-refractivity contribution in [2.24, 2.45) is 0 Å². The first kappa shape index (κ1) is 14.5. The van der Waals surface area contributed by atoms with Gasteiger partial charge in [0.15, 0.2) is 0 Å². The second-order valence-electron chi connectivity index (χ2n) is 5.02. The third-order valence-corrected chi connectivity index (χ3v) is 3.43. The van der Waals surface area contributed by atoms with E-state index in [4.69, 9.17) is 5.73 Å². The summed E-state index contributed by atoms with van der Waals surface area (Å²) in [5.41, 5.74) is 9.90.